The van der Waals surface area contributed by atoms with Gasteiger partial charge in [-0.3, -0.25) is 14.9 Å². The van der Waals surface area contributed by atoms with Crippen molar-refractivity contribution < 1.29 is 14.8 Å². The molecule has 2 N–H and O–H groups in total. The monoisotopic (exact) mass is 264 g/mol. The highest BCUT2D eigenvalue weighted by Gasteiger charge is 2.37. The standard InChI is InChI=1S/C13H16N2O4/c16-9-13(6-3-7-13)14-12(17)8-10-4-1-2-5-11(10)15(18)19/h1-2,4-5,16H,3,6-9H2,(H,14,17). The van der Waals surface area contributed by atoms with Gasteiger partial charge < -0.3 is 10.4 Å². The smallest absolute Gasteiger partial charge is 0.273 e. The highest BCUT2D eigenvalue weighted by atomic mass is 16.6. The molecule has 1 aromatic carbocycles. The number of hydrogen-bond acceptors (Lipinski definition) is 4. The van der Waals surface area contributed by atoms with Crippen molar-refractivity contribution in [3.8, 4) is 0 Å². The van der Waals surface area contributed by atoms with Crippen LogP contribution in [0.25, 0.3) is 0 Å². The van der Waals surface area contributed by atoms with Gasteiger partial charge in [0.15, 0.2) is 0 Å². The van der Waals surface area contributed by atoms with E-state index in [2.05, 4.69) is 5.32 Å². The summed E-state index contributed by atoms with van der Waals surface area (Å²) in [6.07, 6.45) is 2.45. The molecule has 0 saturated heterocycles. The Balaban J connectivity index is 2.05. The summed E-state index contributed by atoms with van der Waals surface area (Å²) < 4.78 is 0. The molecule has 0 aromatic heterocycles. The average molecular weight is 264 g/mol. The van der Waals surface area contributed by atoms with Crippen LogP contribution in [0.1, 0.15) is 24.8 Å². The van der Waals surface area contributed by atoms with Gasteiger partial charge >= 0.3 is 0 Å². The number of nitro groups is 1. The second kappa shape index (κ2) is 5.36. The fraction of sp³-hybridized carbons (Fsp3) is 0.462. The third kappa shape index (κ3) is 2.90. The number of nitrogens with one attached hydrogen (secondary N) is 1. The van der Waals surface area contributed by atoms with E-state index in [0.717, 1.165) is 19.3 Å². The Bertz CT molecular complexity index is 492. The van der Waals surface area contributed by atoms with Crippen LogP contribution in [-0.2, 0) is 11.2 Å². The summed E-state index contributed by atoms with van der Waals surface area (Å²) in [6, 6.07) is 6.19. The number of benzene rings is 1. The highest BCUT2D eigenvalue weighted by molar-refractivity contribution is 5.80. The lowest BCUT2D eigenvalue weighted by Gasteiger charge is -2.40. The second-order valence-corrected chi connectivity index (χ2v) is 4.90. The number of hydrogen-bond donors (Lipinski definition) is 2. The van der Waals surface area contributed by atoms with Gasteiger partial charge in [-0.05, 0) is 19.3 Å². The van der Waals surface area contributed by atoms with Crippen molar-refractivity contribution in [2.75, 3.05) is 6.61 Å². The molecule has 0 unspecified atom stereocenters. The molecule has 0 bridgehead atoms. The van der Waals surface area contributed by atoms with Crippen molar-refractivity contribution in [1.29, 1.82) is 0 Å². The summed E-state index contributed by atoms with van der Waals surface area (Å²) in [7, 11) is 0. The van der Waals surface area contributed by atoms with Crippen LogP contribution < -0.4 is 5.32 Å². The Morgan fingerprint density at radius 2 is 2.11 bits per heavy atom. The fourth-order valence-corrected chi connectivity index (χ4v) is 2.28. The van der Waals surface area contributed by atoms with E-state index in [0.29, 0.717) is 5.56 Å². The molecular formula is C13H16N2O4. The van der Waals surface area contributed by atoms with E-state index in [1.165, 1.54) is 6.07 Å². The summed E-state index contributed by atoms with van der Waals surface area (Å²) in [5.41, 5.74) is -0.178. The molecule has 0 heterocycles. The normalized spacial score (nSPS) is 16.5. The minimum atomic E-state index is -0.513. The number of aliphatic hydroxyl groups excluding tert-OH is 1. The Kier molecular flexibility index (Phi) is 3.80. The van der Waals surface area contributed by atoms with Gasteiger partial charge in [0, 0.05) is 11.6 Å². The molecule has 0 radical (unpaired) electrons. The first-order valence-electron chi connectivity index (χ1n) is 6.20. The van der Waals surface area contributed by atoms with Crippen molar-refractivity contribution in [3.63, 3.8) is 0 Å². The summed E-state index contributed by atoms with van der Waals surface area (Å²) in [6.45, 7) is -0.0877. The highest BCUT2D eigenvalue weighted by Crippen LogP contribution is 2.31. The van der Waals surface area contributed by atoms with Crippen LogP contribution >= 0.6 is 0 Å². The third-order valence-electron chi connectivity index (χ3n) is 3.56. The van der Waals surface area contributed by atoms with Crippen LogP contribution in [0.15, 0.2) is 24.3 Å². The van der Waals surface area contributed by atoms with Crippen molar-refractivity contribution >= 4 is 11.6 Å². The maximum absolute atomic E-state index is 11.9. The molecule has 1 fully saturated rings. The quantitative estimate of drug-likeness (QED) is 0.616. The van der Waals surface area contributed by atoms with E-state index in [9.17, 15) is 20.0 Å². The molecule has 1 saturated carbocycles. The van der Waals surface area contributed by atoms with E-state index in [4.69, 9.17) is 0 Å². The predicted octanol–water partition coefficient (Wildman–Crippen LogP) is 1.17. The molecule has 102 valence electrons. The Hall–Kier alpha value is -1.95. The second-order valence-electron chi connectivity index (χ2n) is 4.90. The van der Waals surface area contributed by atoms with Gasteiger partial charge in [0.2, 0.25) is 5.91 Å². The van der Waals surface area contributed by atoms with Crippen LogP contribution in [0.4, 0.5) is 5.69 Å². The minimum absolute atomic E-state index is 0.0428. The minimum Gasteiger partial charge on any atom is -0.394 e. The first-order chi connectivity index (χ1) is 9.06. The van der Waals surface area contributed by atoms with Crippen LogP contribution in [0.2, 0.25) is 0 Å². The SMILES string of the molecule is O=C(Cc1ccccc1[N+](=O)[O-])NC1(CO)CCC1. The lowest BCUT2D eigenvalue weighted by atomic mass is 9.77. The maximum Gasteiger partial charge on any atom is 0.273 e. The zero-order chi connectivity index (χ0) is 13.9. The molecule has 2 rings (SSSR count). The molecule has 19 heavy (non-hydrogen) atoms. The molecule has 0 spiro atoms. The number of nitrogens with zero attached hydrogens (tertiary/aromatic N) is 1. The van der Waals surface area contributed by atoms with Gasteiger partial charge in [-0.1, -0.05) is 18.2 Å². The summed E-state index contributed by atoms with van der Waals surface area (Å²) in [4.78, 5) is 22.3. The number of carbonyl (C=O) groups is 1. The lowest BCUT2D eigenvalue weighted by Crippen LogP contribution is -2.56. The number of rotatable bonds is 5. The van der Waals surface area contributed by atoms with Gasteiger partial charge in [0.1, 0.15) is 0 Å². The third-order valence-corrected chi connectivity index (χ3v) is 3.56. The van der Waals surface area contributed by atoms with Gasteiger partial charge in [0.05, 0.1) is 23.5 Å². The van der Waals surface area contributed by atoms with Crippen molar-refractivity contribution in [3.05, 3.63) is 39.9 Å². The fourth-order valence-electron chi connectivity index (χ4n) is 2.28. The number of carbonyl (C=O) groups excluding carboxylic acids is 1. The number of nitro benzene ring substituents is 1. The zero-order valence-electron chi connectivity index (χ0n) is 10.5. The predicted molar refractivity (Wildman–Crippen MR) is 68.6 cm³/mol. The topological polar surface area (TPSA) is 92.5 Å². The van der Waals surface area contributed by atoms with E-state index in [1.54, 1.807) is 18.2 Å². The lowest BCUT2D eigenvalue weighted by molar-refractivity contribution is -0.385. The van der Waals surface area contributed by atoms with E-state index in [1.807, 2.05) is 0 Å². The average Bonchev–Trinajstić information content (AvgIpc) is 2.34. The van der Waals surface area contributed by atoms with Gasteiger partial charge in [-0.2, -0.15) is 0 Å². The van der Waals surface area contributed by atoms with Gasteiger partial charge in [-0.25, -0.2) is 0 Å². The molecule has 1 aromatic rings. The summed E-state index contributed by atoms with van der Waals surface area (Å²) >= 11 is 0. The molecule has 0 aliphatic heterocycles. The van der Waals surface area contributed by atoms with Crippen LogP contribution in [0, 0.1) is 10.1 Å². The Labute approximate surface area is 110 Å². The molecular weight excluding hydrogens is 248 g/mol. The zero-order valence-corrected chi connectivity index (χ0v) is 10.5. The maximum atomic E-state index is 11.9. The van der Waals surface area contributed by atoms with E-state index < -0.39 is 10.5 Å². The molecule has 6 heteroatoms. The number of aliphatic hydroxyl groups is 1. The number of amides is 1. The van der Waals surface area contributed by atoms with Crippen molar-refractivity contribution in [1.82, 2.24) is 5.32 Å². The van der Waals surface area contributed by atoms with Gasteiger partial charge in [0.25, 0.3) is 5.69 Å². The van der Waals surface area contributed by atoms with E-state index >= 15 is 0 Å². The van der Waals surface area contributed by atoms with Crippen molar-refractivity contribution in [2.24, 2.45) is 0 Å². The van der Waals surface area contributed by atoms with Gasteiger partial charge in [-0.15, -0.1) is 0 Å². The molecule has 1 aliphatic carbocycles. The number of para-hydroxylation sites is 1. The Morgan fingerprint density at radius 1 is 1.42 bits per heavy atom. The summed E-state index contributed by atoms with van der Waals surface area (Å²) in [5, 5.41) is 22.9. The first-order valence-corrected chi connectivity index (χ1v) is 6.20. The molecule has 1 aliphatic rings. The first kappa shape index (κ1) is 13.5. The van der Waals surface area contributed by atoms with Crippen LogP contribution in [0.5, 0.6) is 0 Å². The van der Waals surface area contributed by atoms with E-state index in [-0.39, 0.29) is 24.6 Å². The van der Waals surface area contributed by atoms with Crippen LogP contribution in [-0.4, -0.2) is 28.1 Å². The molecule has 6 nitrogen and oxygen atoms in total. The Morgan fingerprint density at radius 3 is 2.63 bits per heavy atom. The largest absolute Gasteiger partial charge is 0.394 e. The van der Waals surface area contributed by atoms with Crippen LogP contribution in [0.3, 0.4) is 0 Å². The van der Waals surface area contributed by atoms with Crippen molar-refractivity contribution in [2.45, 2.75) is 31.2 Å². The molecule has 0 atom stereocenters. The summed E-state index contributed by atoms with van der Waals surface area (Å²) in [5.74, 6) is -0.289. The molecule has 1 amide bonds.